The predicted octanol–water partition coefficient (Wildman–Crippen LogP) is 5.81. The third-order valence-corrected chi connectivity index (χ3v) is 5.02. The first kappa shape index (κ1) is 17.0. The van der Waals surface area contributed by atoms with Crippen molar-refractivity contribution in [2.24, 2.45) is 4.99 Å². The number of nitriles is 1. The molecule has 3 aromatic carbocycles. The fourth-order valence-corrected chi connectivity index (χ4v) is 3.66. The lowest BCUT2D eigenvalue weighted by Crippen LogP contribution is -2.15. The fourth-order valence-electron chi connectivity index (χ4n) is 3.66. The molecule has 1 atom stereocenters. The van der Waals surface area contributed by atoms with Crippen LogP contribution in [0.5, 0.6) is 5.75 Å². The maximum Gasteiger partial charge on any atom is 0.234 e. The van der Waals surface area contributed by atoms with Crippen molar-refractivity contribution in [2.75, 3.05) is 0 Å². The lowest BCUT2D eigenvalue weighted by molar-refractivity contribution is 0.390. The molecule has 0 fully saturated rings. The summed E-state index contributed by atoms with van der Waals surface area (Å²) in [6.45, 7) is 0. The lowest BCUT2D eigenvalue weighted by atomic mass is 9.86. The van der Waals surface area contributed by atoms with Crippen molar-refractivity contribution in [1.82, 2.24) is 0 Å². The molecule has 5 rings (SSSR count). The molecule has 4 nitrogen and oxygen atoms in total. The minimum Gasteiger partial charge on any atom is -0.468 e. The van der Waals surface area contributed by atoms with Crippen LogP contribution in [-0.2, 0) is 0 Å². The summed E-state index contributed by atoms with van der Waals surface area (Å²) in [5.41, 5.74) is 2.25. The van der Waals surface area contributed by atoms with Gasteiger partial charge in [-0.1, -0.05) is 66.7 Å². The number of nitrogens with zero attached hydrogens (tertiary/aromatic N) is 2. The number of hydrogen-bond donors (Lipinski definition) is 0. The molecule has 0 N–H and O–H groups in total. The molecule has 138 valence electrons. The summed E-state index contributed by atoms with van der Waals surface area (Å²) in [5.74, 6) is 1.32. The molecule has 0 amide bonds. The summed E-state index contributed by atoms with van der Waals surface area (Å²) in [4.78, 5) is 4.54. The largest absolute Gasteiger partial charge is 0.468 e. The highest BCUT2D eigenvalue weighted by Crippen LogP contribution is 2.46. The van der Waals surface area contributed by atoms with Gasteiger partial charge in [0.25, 0.3) is 0 Å². The average Bonchev–Trinajstić information content (AvgIpc) is 3.31. The Bertz CT molecular complexity index is 1280. The first-order chi connectivity index (χ1) is 14.3. The molecule has 0 spiro atoms. The van der Waals surface area contributed by atoms with Gasteiger partial charge in [-0.3, -0.25) is 0 Å². The van der Waals surface area contributed by atoms with Crippen LogP contribution < -0.4 is 4.74 Å². The van der Waals surface area contributed by atoms with Crippen molar-refractivity contribution in [3.63, 3.8) is 0 Å². The van der Waals surface area contributed by atoms with Gasteiger partial charge in [0.1, 0.15) is 23.2 Å². The van der Waals surface area contributed by atoms with Gasteiger partial charge < -0.3 is 9.15 Å². The van der Waals surface area contributed by atoms with Crippen molar-refractivity contribution in [2.45, 2.75) is 5.92 Å². The normalized spacial score (nSPS) is 15.9. The first-order valence-electron chi connectivity index (χ1n) is 9.31. The Morgan fingerprint density at radius 3 is 2.52 bits per heavy atom. The summed E-state index contributed by atoms with van der Waals surface area (Å²) in [6, 6.07) is 27.8. The summed E-state index contributed by atoms with van der Waals surface area (Å²) < 4.78 is 11.9. The highest BCUT2D eigenvalue weighted by atomic mass is 16.5. The SMILES string of the molecule is N#CC1=C(/N=C/c2ccccc2)Oc2c(ccc3ccccc23)C1c1ccco1. The predicted molar refractivity (Wildman–Crippen MR) is 112 cm³/mol. The van der Waals surface area contributed by atoms with Gasteiger partial charge in [-0.2, -0.15) is 5.26 Å². The second-order valence-electron chi connectivity index (χ2n) is 6.76. The molecule has 0 aliphatic carbocycles. The fraction of sp³-hybridized carbons (Fsp3) is 0.0400. The van der Waals surface area contributed by atoms with Crippen molar-refractivity contribution in [3.05, 3.63) is 113 Å². The van der Waals surface area contributed by atoms with Crippen LogP contribution in [0, 0.1) is 11.3 Å². The maximum atomic E-state index is 9.96. The molecule has 1 unspecified atom stereocenters. The second-order valence-corrected chi connectivity index (χ2v) is 6.76. The third kappa shape index (κ3) is 2.99. The topological polar surface area (TPSA) is 58.5 Å². The molecule has 0 radical (unpaired) electrons. The molecule has 1 aromatic heterocycles. The van der Waals surface area contributed by atoms with Crippen LogP contribution in [0.25, 0.3) is 10.8 Å². The van der Waals surface area contributed by atoms with Gasteiger partial charge in [0.2, 0.25) is 5.88 Å². The Balaban J connectivity index is 1.71. The zero-order valence-electron chi connectivity index (χ0n) is 15.4. The van der Waals surface area contributed by atoms with E-state index in [1.165, 1.54) is 0 Å². The van der Waals surface area contributed by atoms with Crippen LogP contribution in [0.15, 0.2) is 106 Å². The highest BCUT2D eigenvalue weighted by Gasteiger charge is 2.34. The Morgan fingerprint density at radius 1 is 0.897 bits per heavy atom. The van der Waals surface area contributed by atoms with Gasteiger partial charge in [0.15, 0.2) is 0 Å². The van der Waals surface area contributed by atoms with Crippen LogP contribution in [0.3, 0.4) is 0 Å². The van der Waals surface area contributed by atoms with Crippen LogP contribution in [0.4, 0.5) is 0 Å². The van der Waals surface area contributed by atoms with Gasteiger partial charge in [-0.25, -0.2) is 4.99 Å². The summed E-state index contributed by atoms with van der Waals surface area (Å²) in [7, 11) is 0. The minimum absolute atomic E-state index is 0.293. The van der Waals surface area contributed by atoms with Crippen molar-refractivity contribution in [1.29, 1.82) is 5.26 Å². The Morgan fingerprint density at radius 2 is 1.72 bits per heavy atom. The van der Waals surface area contributed by atoms with E-state index in [0.717, 1.165) is 21.9 Å². The highest BCUT2D eigenvalue weighted by molar-refractivity contribution is 5.91. The third-order valence-electron chi connectivity index (χ3n) is 5.02. The summed E-state index contributed by atoms with van der Waals surface area (Å²) in [6.07, 6.45) is 3.33. The lowest BCUT2D eigenvalue weighted by Gasteiger charge is -2.26. The van der Waals surface area contributed by atoms with E-state index < -0.39 is 0 Å². The Labute approximate surface area is 168 Å². The van der Waals surface area contributed by atoms with Crippen LogP contribution >= 0.6 is 0 Å². The number of ether oxygens (including phenoxy) is 1. The number of furan rings is 1. The smallest absolute Gasteiger partial charge is 0.234 e. The molecule has 29 heavy (non-hydrogen) atoms. The monoisotopic (exact) mass is 376 g/mol. The molecule has 0 saturated carbocycles. The van der Waals surface area contributed by atoms with E-state index in [1.807, 2.05) is 78.9 Å². The molecular weight excluding hydrogens is 360 g/mol. The van der Waals surface area contributed by atoms with Gasteiger partial charge >= 0.3 is 0 Å². The average molecular weight is 376 g/mol. The molecule has 0 bridgehead atoms. The molecule has 0 saturated heterocycles. The quantitative estimate of drug-likeness (QED) is 0.424. The number of allylic oxidation sites excluding steroid dienone is 1. The zero-order chi connectivity index (χ0) is 19.6. The summed E-state index contributed by atoms with van der Waals surface area (Å²) in [5, 5.41) is 12.0. The molecule has 1 aliphatic rings. The van der Waals surface area contributed by atoms with E-state index >= 15 is 0 Å². The van der Waals surface area contributed by atoms with E-state index in [2.05, 4.69) is 11.1 Å². The van der Waals surface area contributed by atoms with Crippen LogP contribution in [0.2, 0.25) is 0 Å². The van der Waals surface area contributed by atoms with Crippen molar-refractivity contribution in [3.8, 4) is 11.8 Å². The number of fused-ring (bicyclic) bond motifs is 3. The van der Waals surface area contributed by atoms with E-state index in [0.29, 0.717) is 23.0 Å². The Hall–Kier alpha value is -4.10. The van der Waals surface area contributed by atoms with Gasteiger partial charge in [0, 0.05) is 17.2 Å². The van der Waals surface area contributed by atoms with Crippen LogP contribution in [0.1, 0.15) is 22.8 Å². The van der Waals surface area contributed by atoms with Crippen LogP contribution in [-0.4, -0.2) is 6.21 Å². The van der Waals surface area contributed by atoms with Crippen molar-refractivity contribution >= 4 is 17.0 Å². The summed E-state index contributed by atoms with van der Waals surface area (Å²) >= 11 is 0. The number of hydrogen-bond acceptors (Lipinski definition) is 4. The van der Waals surface area contributed by atoms with E-state index in [-0.39, 0.29) is 5.92 Å². The molecule has 2 heterocycles. The number of rotatable bonds is 3. The number of benzene rings is 3. The second kappa shape index (κ2) is 7.14. The first-order valence-corrected chi connectivity index (χ1v) is 9.31. The minimum atomic E-state index is -0.369. The number of aliphatic imine (C=N–C) groups is 1. The maximum absolute atomic E-state index is 9.96. The van der Waals surface area contributed by atoms with Gasteiger partial charge in [-0.05, 0) is 23.1 Å². The zero-order valence-corrected chi connectivity index (χ0v) is 15.4. The van der Waals surface area contributed by atoms with Gasteiger partial charge in [0.05, 0.1) is 12.2 Å². The van der Waals surface area contributed by atoms with E-state index in [1.54, 1.807) is 12.5 Å². The van der Waals surface area contributed by atoms with E-state index in [4.69, 9.17) is 9.15 Å². The standard InChI is InChI=1S/C25H16N2O2/c26-15-21-23(22-11-6-14-28-22)20-13-12-18-9-4-5-10-19(18)24(20)29-25(21)27-16-17-7-2-1-3-8-17/h1-14,16,23H/b27-16+. The van der Waals surface area contributed by atoms with Gasteiger partial charge in [-0.15, -0.1) is 0 Å². The molecule has 4 aromatic rings. The molecular formula is C25H16N2O2. The molecule has 1 aliphatic heterocycles. The molecule has 4 heteroatoms. The van der Waals surface area contributed by atoms with Crippen molar-refractivity contribution < 1.29 is 9.15 Å². The van der Waals surface area contributed by atoms with E-state index in [9.17, 15) is 5.26 Å². The Kier molecular flexibility index (Phi) is 4.19.